The molecule has 0 bridgehead atoms. The van der Waals surface area contributed by atoms with E-state index in [9.17, 15) is 9.59 Å². The van der Waals surface area contributed by atoms with E-state index < -0.39 is 5.92 Å². The lowest BCUT2D eigenvalue weighted by atomic mass is 9.94. The van der Waals surface area contributed by atoms with E-state index in [0.29, 0.717) is 26.1 Å². The summed E-state index contributed by atoms with van der Waals surface area (Å²) in [6, 6.07) is 6.45. The normalized spacial score (nSPS) is 23.3. The minimum absolute atomic E-state index is 0. The Morgan fingerprint density at radius 1 is 1.33 bits per heavy atom. The van der Waals surface area contributed by atoms with Crippen LogP contribution in [0.15, 0.2) is 18.2 Å². The summed E-state index contributed by atoms with van der Waals surface area (Å²) in [5.41, 5.74) is 2.60. The van der Waals surface area contributed by atoms with Crippen LogP contribution in [-0.4, -0.2) is 43.5 Å². The molecule has 0 spiro atoms. The summed E-state index contributed by atoms with van der Waals surface area (Å²) in [6.45, 7) is 3.24. The second-order valence-electron chi connectivity index (χ2n) is 6.14. The third-order valence-corrected chi connectivity index (χ3v) is 4.86. The van der Waals surface area contributed by atoms with Gasteiger partial charge < -0.3 is 9.47 Å². The number of likely N-dealkylation sites (tertiary alicyclic amines) is 1. The van der Waals surface area contributed by atoms with Crippen molar-refractivity contribution in [3.8, 4) is 5.75 Å². The van der Waals surface area contributed by atoms with Gasteiger partial charge in [-0.05, 0) is 43.0 Å². The number of piperidine rings is 1. The maximum absolute atomic E-state index is 12.1. The quantitative estimate of drug-likeness (QED) is 0.615. The fourth-order valence-corrected chi connectivity index (χ4v) is 3.65. The molecule has 1 aliphatic heterocycles. The first kappa shape index (κ1) is 18.7. The molecule has 2 atom stereocenters. The van der Waals surface area contributed by atoms with E-state index in [1.54, 1.807) is 14.0 Å². The average molecular weight is 354 g/mol. The van der Waals surface area contributed by atoms with E-state index >= 15 is 0 Å². The van der Waals surface area contributed by atoms with Gasteiger partial charge in [0.05, 0.1) is 13.7 Å². The molecule has 3 rings (SSSR count). The highest BCUT2D eigenvalue weighted by atomic mass is 35.5. The number of Topliss-reactive ketones (excluding diaryl/α,β-unsaturated/α-hetero) is 1. The van der Waals surface area contributed by atoms with Crippen LogP contribution < -0.4 is 4.74 Å². The summed E-state index contributed by atoms with van der Waals surface area (Å²) in [5, 5.41) is 0. The van der Waals surface area contributed by atoms with Gasteiger partial charge in [-0.15, -0.1) is 12.4 Å². The predicted octanol–water partition coefficient (Wildman–Crippen LogP) is 2.56. The van der Waals surface area contributed by atoms with Crippen LogP contribution in [0.5, 0.6) is 5.75 Å². The molecule has 2 aliphatic rings. The Morgan fingerprint density at radius 3 is 2.83 bits per heavy atom. The molecule has 6 heteroatoms. The molecule has 1 aromatic rings. The van der Waals surface area contributed by atoms with Gasteiger partial charge in [-0.1, -0.05) is 6.07 Å². The topological polar surface area (TPSA) is 55.8 Å². The van der Waals surface area contributed by atoms with Crippen LogP contribution >= 0.6 is 12.4 Å². The van der Waals surface area contributed by atoms with Crippen LogP contribution in [0.4, 0.5) is 0 Å². The standard InChI is InChI=1S/C18H23NO4.ClH/c1-3-23-18(21)15-11-19(9-8-17(15)20)16-7-5-12-4-6-13(22-2)10-14(12)16;/h4,6,10,15-16H,3,5,7-9,11H2,1-2H3;1H. The largest absolute Gasteiger partial charge is 0.497 e. The molecule has 0 radical (unpaired) electrons. The zero-order valence-corrected chi connectivity index (χ0v) is 14.9. The number of methoxy groups -OCH3 is 1. The maximum atomic E-state index is 12.1. The van der Waals surface area contributed by atoms with Crippen molar-refractivity contribution in [2.45, 2.75) is 32.2 Å². The average Bonchev–Trinajstić information content (AvgIpc) is 2.98. The summed E-state index contributed by atoms with van der Waals surface area (Å²) >= 11 is 0. The first-order valence-corrected chi connectivity index (χ1v) is 8.24. The van der Waals surface area contributed by atoms with Crippen molar-refractivity contribution in [2.24, 2.45) is 5.92 Å². The van der Waals surface area contributed by atoms with Gasteiger partial charge >= 0.3 is 5.97 Å². The molecule has 2 unspecified atom stereocenters. The molecule has 0 amide bonds. The minimum atomic E-state index is -0.640. The summed E-state index contributed by atoms with van der Waals surface area (Å²) in [7, 11) is 1.67. The van der Waals surface area contributed by atoms with Gasteiger partial charge in [0, 0.05) is 25.6 Å². The number of carbonyl (C=O) groups excluding carboxylic acids is 2. The number of ketones is 1. The number of rotatable bonds is 4. The number of nitrogens with zero attached hydrogens (tertiary/aromatic N) is 1. The van der Waals surface area contributed by atoms with Gasteiger partial charge in [-0.25, -0.2) is 0 Å². The zero-order chi connectivity index (χ0) is 16.4. The highest BCUT2D eigenvalue weighted by Crippen LogP contribution is 2.39. The summed E-state index contributed by atoms with van der Waals surface area (Å²) in [4.78, 5) is 26.4. The predicted molar refractivity (Wildman–Crippen MR) is 92.6 cm³/mol. The third-order valence-electron chi connectivity index (χ3n) is 4.86. The molecule has 0 aromatic heterocycles. The van der Waals surface area contributed by atoms with Crippen molar-refractivity contribution in [3.05, 3.63) is 29.3 Å². The number of fused-ring (bicyclic) bond motifs is 1. The van der Waals surface area contributed by atoms with E-state index in [0.717, 1.165) is 18.6 Å². The van der Waals surface area contributed by atoms with Crippen molar-refractivity contribution in [3.63, 3.8) is 0 Å². The van der Waals surface area contributed by atoms with Gasteiger partial charge in [0.25, 0.3) is 0 Å². The van der Waals surface area contributed by atoms with Crippen molar-refractivity contribution < 1.29 is 19.1 Å². The summed E-state index contributed by atoms with van der Waals surface area (Å²) in [6.07, 6.45) is 2.46. The van der Waals surface area contributed by atoms with Gasteiger partial charge in [0.2, 0.25) is 0 Å². The molecular formula is C18H24ClNO4. The zero-order valence-electron chi connectivity index (χ0n) is 14.1. The smallest absolute Gasteiger partial charge is 0.317 e. The Bertz CT molecular complexity index is 619. The number of halogens is 1. The molecule has 132 valence electrons. The van der Waals surface area contributed by atoms with Crippen molar-refractivity contribution in [1.82, 2.24) is 4.90 Å². The van der Waals surface area contributed by atoms with Crippen molar-refractivity contribution in [2.75, 3.05) is 26.8 Å². The van der Waals surface area contributed by atoms with Crippen molar-refractivity contribution >= 4 is 24.2 Å². The molecule has 24 heavy (non-hydrogen) atoms. The lowest BCUT2D eigenvalue weighted by molar-refractivity contribution is -0.154. The molecule has 1 aliphatic carbocycles. The number of esters is 1. The molecule has 1 fully saturated rings. The van der Waals surface area contributed by atoms with Crippen molar-refractivity contribution in [1.29, 1.82) is 0 Å². The molecule has 1 heterocycles. The Hall–Kier alpha value is -1.59. The number of carbonyl (C=O) groups is 2. The second kappa shape index (κ2) is 7.99. The van der Waals surface area contributed by atoms with E-state index in [1.165, 1.54) is 11.1 Å². The molecular weight excluding hydrogens is 330 g/mol. The Labute approximate surface area is 148 Å². The van der Waals surface area contributed by atoms with E-state index in [-0.39, 0.29) is 30.2 Å². The fourth-order valence-electron chi connectivity index (χ4n) is 3.65. The highest BCUT2D eigenvalue weighted by molar-refractivity contribution is 5.99. The molecule has 1 aromatic carbocycles. The van der Waals surface area contributed by atoms with Crippen LogP contribution in [0.25, 0.3) is 0 Å². The van der Waals surface area contributed by atoms with E-state index in [4.69, 9.17) is 9.47 Å². The number of ether oxygens (including phenoxy) is 2. The molecule has 1 saturated heterocycles. The Morgan fingerprint density at radius 2 is 2.12 bits per heavy atom. The molecule has 5 nitrogen and oxygen atoms in total. The third kappa shape index (κ3) is 3.57. The van der Waals surface area contributed by atoms with Gasteiger partial charge in [-0.3, -0.25) is 14.5 Å². The second-order valence-corrected chi connectivity index (χ2v) is 6.14. The number of hydrogen-bond acceptors (Lipinski definition) is 5. The Kier molecular flexibility index (Phi) is 6.24. The molecule has 0 saturated carbocycles. The van der Waals surface area contributed by atoms with Gasteiger partial charge in [0.15, 0.2) is 0 Å². The van der Waals surface area contributed by atoms with E-state index in [1.807, 2.05) is 6.07 Å². The highest BCUT2D eigenvalue weighted by Gasteiger charge is 2.38. The minimum Gasteiger partial charge on any atom is -0.497 e. The SMILES string of the molecule is CCOC(=O)C1CN(C2CCc3ccc(OC)cc32)CCC1=O.Cl. The van der Waals surface area contributed by atoms with Crippen LogP contribution in [0.2, 0.25) is 0 Å². The lowest BCUT2D eigenvalue weighted by Crippen LogP contribution is -2.45. The van der Waals surface area contributed by atoms with Crippen LogP contribution in [0, 0.1) is 5.92 Å². The van der Waals surface area contributed by atoms with Crippen LogP contribution in [-0.2, 0) is 20.7 Å². The summed E-state index contributed by atoms with van der Waals surface area (Å²) < 4.78 is 10.4. The monoisotopic (exact) mass is 353 g/mol. The first-order valence-electron chi connectivity index (χ1n) is 8.24. The van der Waals surface area contributed by atoms with Gasteiger partial charge in [-0.2, -0.15) is 0 Å². The van der Waals surface area contributed by atoms with Gasteiger partial charge in [0.1, 0.15) is 17.5 Å². The molecule has 0 N–H and O–H groups in total. The number of hydrogen-bond donors (Lipinski definition) is 0. The summed E-state index contributed by atoms with van der Waals surface area (Å²) in [5.74, 6) is -0.168. The number of benzene rings is 1. The van der Waals surface area contributed by atoms with Crippen LogP contribution in [0.1, 0.15) is 36.9 Å². The number of aryl methyl sites for hydroxylation is 1. The van der Waals surface area contributed by atoms with Crippen LogP contribution in [0.3, 0.4) is 0 Å². The Balaban J connectivity index is 0.00000208. The fraction of sp³-hybridized carbons (Fsp3) is 0.556. The lowest BCUT2D eigenvalue weighted by Gasteiger charge is -2.35. The maximum Gasteiger partial charge on any atom is 0.317 e. The first-order chi connectivity index (χ1) is 11.1. The van der Waals surface area contributed by atoms with E-state index in [2.05, 4.69) is 17.0 Å².